The van der Waals surface area contributed by atoms with E-state index in [-0.39, 0.29) is 11.6 Å². The van der Waals surface area contributed by atoms with Crippen LogP contribution in [-0.4, -0.2) is 42.2 Å². The fraction of sp³-hybridized carbons (Fsp3) is 0.200. The van der Waals surface area contributed by atoms with Gasteiger partial charge in [0.15, 0.2) is 11.5 Å². The van der Waals surface area contributed by atoms with Crippen LogP contribution in [0.5, 0.6) is 17.2 Å². The topological polar surface area (TPSA) is 107 Å². The first-order valence-electron chi connectivity index (χ1n) is 8.71. The Kier molecular flexibility index (Phi) is 6.41. The van der Waals surface area contributed by atoms with Gasteiger partial charge in [0.2, 0.25) is 5.75 Å². The zero-order valence-electron chi connectivity index (χ0n) is 16.3. The molecule has 0 aliphatic rings. The van der Waals surface area contributed by atoms with Crippen molar-refractivity contribution in [3.05, 3.63) is 60.3 Å². The van der Waals surface area contributed by atoms with E-state index in [1.54, 1.807) is 32.5 Å². The van der Waals surface area contributed by atoms with Crippen LogP contribution < -0.4 is 24.8 Å². The molecule has 0 spiro atoms. The molecule has 0 bridgehead atoms. The molecule has 0 aliphatic carbocycles. The number of benzene rings is 1. The summed E-state index contributed by atoms with van der Waals surface area (Å²) in [4.78, 5) is 24.8. The van der Waals surface area contributed by atoms with Crippen LogP contribution in [0.4, 0.5) is 11.5 Å². The standard InChI is InChI=1S/C20H21N5O4/c1-27-16-8-14(9-17(28-2)19(16)29-3)25-18-12-22-15(11-23-18)20(26)24-10-13-6-4-5-7-21-13/h4-9,11-12H,10H2,1-3H3,(H,23,25)(H,24,26). The molecule has 2 heterocycles. The van der Waals surface area contributed by atoms with Gasteiger partial charge in [-0.25, -0.2) is 9.97 Å². The van der Waals surface area contributed by atoms with E-state index < -0.39 is 0 Å². The molecule has 2 aromatic heterocycles. The number of amides is 1. The maximum atomic E-state index is 12.2. The summed E-state index contributed by atoms with van der Waals surface area (Å²) in [7, 11) is 4.62. The number of nitrogens with one attached hydrogen (secondary N) is 2. The van der Waals surface area contributed by atoms with Crippen molar-refractivity contribution >= 4 is 17.4 Å². The minimum Gasteiger partial charge on any atom is -0.493 e. The molecule has 2 N–H and O–H groups in total. The number of carbonyl (C=O) groups is 1. The number of methoxy groups -OCH3 is 3. The molecule has 0 radical (unpaired) electrons. The van der Waals surface area contributed by atoms with E-state index >= 15 is 0 Å². The van der Waals surface area contributed by atoms with Gasteiger partial charge in [-0.1, -0.05) is 6.07 Å². The molecule has 1 aromatic carbocycles. The van der Waals surface area contributed by atoms with Gasteiger partial charge in [0.05, 0.1) is 46.0 Å². The summed E-state index contributed by atoms with van der Waals surface area (Å²) in [5.74, 6) is 1.63. The van der Waals surface area contributed by atoms with Gasteiger partial charge in [-0.15, -0.1) is 0 Å². The maximum absolute atomic E-state index is 12.2. The molecule has 0 saturated carbocycles. The van der Waals surface area contributed by atoms with Crippen molar-refractivity contribution in [3.8, 4) is 17.2 Å². The summed E-state index contributed by atoms with van der Waals surface area (Å²) >= 11 is 0. The number of pyridine rings is 1. The summed E-state index contributed by atoms with van der Waals surface area (Å²) in [6.07, 6.45) is 4.54. The first-order valence-corrected chi connectivity index (χ1v) is 8.71. The van der Waals surface area contributed by atoms with Crippen LogP contribution in [0.15, 0.2) is 48.9 Å². The normalized spacial score (nSPS) is 10.2. The van der Waals surface area contributed by atoms with E-state index in [9.17, 15) is 4.79 Å². The third-order valence-corrected chi connectivity index (χ3v) is 3.98. The van der Waals surface area contributed by atoms with Crippen molar-refractivity contribution in [1.82, 2.24) is 20.3 Å². The Morgan fingerprint density at radius 2 is 1.72 bits per heavy atom. The monoisotopic (exact) mass is 395 g/mol. The molecular weight excluding hydrogens is 374 g/mol. The van der Waals surface area contributed by atoms with Crippen LogP contribution in [-0.2, 0) is 6.54 Å². The number of hydrogen-bond donors (Lipinski definition) is 2. The third kappa shape index (κ3) is 4.89. The lowest BCUT2D eigenvalue weighted by atomic mass is 10.2. The zero-order chi connectivity index (χ0) is 20.6. The highest BCUT2D eigenvalue weighted by molar-refractivity contribution is 5.92. The summed E-state index contributed by atoms with van der Waals surface area (Å²) in [5, 5.41) is 5.85. The Morgan fingerprint density at radius 3 is 2.28 bits per heavy atom. The van der Waals surface area contributed by atoms with Gasteiger partial charge in [-0.2, -0.15) is 0 Å². The first kappa shape index (κ1) is 19.9. The van der Waals surface area contributed by atoms with Crippen LogP contribution in [0.25, 0.3) is 0 Å². The number of aromatic nitrogens is 3. The van der Waals surface area contributed by atoms with Crippen molar-refractivity contribution in [3.63, 3.8) is 0 Å². The Bertz CT molecular complexity index is 939. The second-order valence-electron chi connectivity index (χ2n) is 5.83. The third-order valence-electron chi connectivity index (χ3n) is 3.98. The van der Waals surface area contributed by atoms with E-state index in [1.165, 1.54) is 19.5 Å². The van der Waals surface area contributed by atoms with Gasteiger partial charge in [-0.3, -0.25) is 9.78 Å². The number of hydrogen-bond acceptors (Lipinski definition) is 8. The highest BCUT2D eigenvalue weighted by Crippen LogP contribution is 2.40. The first-order chi connectivity index (χ1) is 14.1. The zero-order valence-corrected chi connectivity index (χ0v) is 16.3. The summed E-state index contributed by atoms with van der Waals surface area (Å²) in [6, 6.07) is 9.00. The second-order valence-corrected chi connectivity index (χ2v) is 5.83. The van der Waals surface area contributed by atoms with Crippen LogP contribution in [0.2, 0.25) is 0 Å². The van der Waals surface area contributed by atoms with E-state index in [1.807, 2.05) is 18.2 Å². The van der Waals surface area contributed by atoms with Crippen molar-refractivity contribution in [2.75, 3.05) is 26.6 Å². The van der Waals surface area contributed by atoms with Crippen LogP contribution in [0.1, 0.15) is 16.2 Å². The highest BCUT2D eigenvalue weighted by Gasteiger charge is 2.14. The Balaban J connectivity index is 1.68. The molecule has 0 saturated heterocycles. The number of nitrogens with zero attached hydrogens (tertiary/aromatic N) is 3. The maximum Gasteiger partial charge on any atom is 0.271 e. The highest BCUT2D eigenvalue weighted by atomic mass is 16.5. The fourth-order valence-corrected chi connectivity index (χ4v) is 2.58. The lowest BCUT2D eigenvalue weighted by Gasteiger charge is -2.14. The predicted molar refractivity (Wildman–Crippen MR) is 107 cm³/mol. The second kappa shape index (κ2) is 9.36. The average molecular weight is 395 g/mol. The lowest BCUT2D eigenvalue weighted by molar-refractivity contribution is 0.0945. The summed E-state index contributed by atoms with van der Waals surface area (Å²) in [6.45, 7) is 0.312. The molecule has 0 aliphatic heterocycles. The average Bonchev–Trinajstić information content (AvgIpc) is 2.77. The minimum atomic E-state index is -0.331. The van der Waals surface area contributed by atoms with Crippen molar-refractivity contribution in [2.24, 2.45) is 0 Å². The molecule has 150 valence electrons. The predicted octanol–water partition coefficient (Wildman–Crippen LogP) is 2.57. The molecule has 29 heavy (non-hydrogen) atoms. The molecule has 0 fully saturated rings. The molecule has 9 nitrogen and oxygen atoms in total. The van der Waals surface area contributed by atoms with Gasteiger partial charge in [0, 0.05) is 24.0 Å². The Hall–Kier alpha value is -3.88. The molecule has 3 rings (SSSR count). The van der Waals surface area contributed by atoms with Crippen LogP contribution in [0, 0.1) is 0 Å². The van der Waals surface area contributed by atoms with E-state index in [0.717, 1.165) is 5.69 Å². The smallest absolute Gasteiger partial charge is 0.271 e. The molecule has 1 amide bonds. The van der Waals surface area contributed by atoms with E-state index in [2.05, 4.69) is 25.6 Å². The van der Waals surface area contributed by atoms with E-state index in [0.29, 0.717) is 35.3 Å². The Morgan fingerprint density at radius 1 is 0.966 bits per heavy atom. The van der Waals surface area contributed by atoms with Gasteiger partial charge in [0.1, 0.15) is 11.5 Å². The van der Waals surface area contributed by atoms with Crippen molar-refractivity contribution < 1.29 is 19.0 Å². The van der Waals surface area contributed by atoms with Gasteiger partial charge in [0.25, 0.3) is 5.91 Å². The van der Waals surface area contributed by atoms with Crippen molar-refractivity contribution in [1.29, 1.82) is 0 Å². The minimum absolute atomic E-state index is 0.205. The Labute approximate surface area is 168 Å². The molecular formula is C20H21N5O4. The van der Waals surface area contributed by atoms with Gasteiger partial charge < -0.3 is 24.8 Å². The molecule has 0 atom stereocenters. The quantitative estimate of drug-likeness (QED) is 0.599. The summed E-state index contributed by atoms with van der Waals surface area (Å²) < 4.78 is 16.0. The van der Waals surface area contributed by atoms with Crippen LogP contribution in [0.3, 0.4) is 0 Å². The van der Waals surface area contributed by atoms with Crippen LogP contribution >= 0.6 is 0 Å². The number of carbonyl (C=O) groups excluding carboxylic acids is 1. The largest absolute Gasteiger partial charge is 0.493 e. The number of ether oxygens (including phenoxy) is 3. The molecule has 0 unspecified atom stereocenters. The SMILES string of the molecule is COc1cc(Nc2cnc(C(=O)NCc3ccccn3)cn2)cc(OC)c1OC. The lowest BCUT2D eigenvalue weighted by Crippen LogP contribution is -2.24. The van der Waals surface area contributed by atoms with Gasteiger partial charge in [-0.05, 0) is 12.1 Å². The van der Waals surface area contributed by atoms with Crippen molar-refractivity contribution in [2.45, 2.75) is 6.54 Å². The number of anilines is 2. The van der Waals surface area contributed by atoms with Gasteiger partial charge >= 0.3 is 0 Å². The summed E-state index contributed by atoms with van der Waals surface area (Å²) in [5.41, 5.74) is 1.63. The fourth-order valence-electron chi connectivity index (χ4n) is 2.58. The molecule has 3 aromatic rings. The molecule has 9 heteroatoms. The van der Waals surface area contributed by atoms with E-state index in [4.69, 9.17) is 14.2 Å². The number of rotatable bonds is 8.